The Hall–Kier alpha value is -2.03. The maximum absolute atomic E-state index is 5.76. The van der Waals surface area contributed by atoms with Gasteiger partial charge in [0.05, 0.1) is 5.69 Å². The van der Waals surface area contributed by atoms with Gasteiger partial charge >= 0.3 is 0 Å². The van der Waals surface area contributed by atoms with E-state index in [0.29, 0.717) is 11.6 Å². The molecule has 0 bridgehead atoms. The largest absolute Gasteiger partial charge is 0.468 e. The van der Waals surface area contributed by atoms with E-state index in [4.69, 9.17) is 10.5 Å². The Morgan fingerprint density at radius 3 is 2.56 bits per heavy atom. The van der Waals surface area contributed by atoms with Gasteiger partial charge < -0.3 is 10.5 Å². The van der Waals surface area contributed by atoms with Gasteiger partial charge in [-0.1, -0.05) is 30.3 Å². The molecule has 1 aromatic carbocycles. The molecule has 0 fully saturated rings. The van der Waals surface area contributed by atoms with Gasteiger partial charge in [0.1, 0.15) is 6.10 Å². The molecule has 0 aliphatic rings. The molecule has 0 saturated heterocycles. The zero-order valence-electron chi connectivity index (χ0n) is 9.13. The van der Waals surface area contributed by atoms with E-state index in [0.717, 1.165) is 5.56 Å². The van der Waals surface area contributed by atoms with Crippen molar-refractivity contribution in [3.63, 3.8) is 0 Å². The maximum Gasteiger partial charge on any atom is 0.237 e. The molecule has 3 nitrogen and oxygen atoms in total. The Morgan fingerprint density at radius 2 is 1.88 bits per heavy atom. The number of rotatable bonds is 3. The van der Waals surface area contributed by atoms with Gasteiger partial charge in [0.25, 0.3) is 0 Å². The molecular formula is C13H14N2O. The van der Waals surface area contributed by atoms with Crippen LogP contribution in [-0.2, 0) is 0 Å². The molecule has 0 radical (unpaired) electrons. The van der Waals surface area contributed by atoms with Crippen LogP contribution in [0, 0.1) is 0 Å². The number of benzene rings is 1. The molecule has 0 spiro atoms. The molecule has 16 heavy (non-hydrogen) atoms. The Labute approximate surface area is 94.9 Å². The Morgan fingerprint density at radius 1 is 1.12 bits per heavy atom. The van der Waals surface area contributed by atoms with Crippen LogP contribution >= 0.6 is 0 Å². The van der Waals surface area contributed by atoms with E-state index < -0.39 is 0 Å². The normalized spacial score (nSPS) is 12.1. The summed E-state index contributed by atoms with van der Waals surface area (Å²) in [5.74, 6) is 0.485. The van der Waals surface area contributed by atoms with Crippen molar-refractivity contribution < 1.29 is 4.74 Å². The average Bonchev–Trinajstić information content (AvgIpc) is 2.33. The van der Waals surface area contributed by atoms with E-state index in [1.807, 2.05) is 37.3 Å². The minimum atomic E-state index is -0.0570. The van der Waals surface area contributed by atoms with Crippen molar-refractivity contribution >= 4 is 5.69 Å². The summed E-state index contributed by atoms with van der Waals surface area (Å²) < 4.78 is 5.70. The highest BCUT2D eigenvalue weighted by molar-refractivity contribution is 5.47. The number of nitrogens with zero attached hydrogens (tertiary/aromatic N) is 1. The molecule has 0 aliphatic heterocycles. The van der Waals surface area contributed by atoms with Crippen molar-refractivity contribution in [2.75, 3.05) is 5.73 Å². The lowest BCUT2D eigenvalue weighted by molar-refractivity contribution is 0.219. The number of ether oxygens (including phenoxy) is 1. The molecule has 2 N–H and O–H groups in total. The van der Waals surface area contributed by atoms with Gasteiger partial charge in [-0.3, -0.25) is 0 Å². The third-order valence-electron chi connectivity index (χ3n) is 2.36. The molecule has 0 aliphatic carbocycles. The highest BCUT2D eigenvalue weighted by Gasteiger charge is 2.09. The number of anilines is 1. The quantitative estimate of drug-likeness (QED) is 0.854. The first-order valence-corrected chi connectivity index (χ1v) is 5.19. The molecule has 3 heteroatoms. The monoisotopic (exact) mass is 214 g/mol. The zero-order valence-corrected chi connectivity index (χ0v) is 9.13. The average molecular weight is 214 g/mol. The number of hydrogen-bond acceptors (Lipinski definition) is 3. The number of pyridine rings is 1. The van der Waals surface area contributed by atoms with Gasteiger partial charge in [-0.05, 0) is 24.6 Å². The van der Waals surface area contributed by atoms with Crippen LogP contribution in [0.4, 0.5) is 5.69 Å². The van der Waals surface area contributed by atoms with Crippen molar-refractivity contribution in [1.82, 2.24) is 4.98 Å². The van der Waals surface area contributed by atoms with Crippen LogP contribution in [0.1, 0.15) is 18.6 Å². The van der Waals surface area contributed by atoms with E-state index in [2.05, 4.69) is 4.98 Å². The first-order valence-electron chi connectivity index (χ1n) is 5.19. The van der Waals surface area contributed by atoms with Crippen LogP contribution in [0.5, 0.6) is 5.88 Å². The van der Waals surface area contributed by atoms with Crippen molar-refractivity contribution in [1.29, 1.82) is 0 Å². The molecule has 1 unspecified atom stereocenters. The number of nitrogen functional groups attached to an aromatic ring is 1. The van der Waals surface area contributed by atoms with Crippen LogP contribution in [-0.4, -0.2) is 4.98 Å². The molecular weight excluding hydrogens is 200 g/mol. The van der Waals surface area contributed by atoms with E-state index in [1.165, 1.54) is 0 Å². The van der Waals surface area contributed by atoms with Gasteiger partial charge in [-0.15, -0.1) is 0 Å². The summed E-state index contributed by atoms with van der Waals surface area (Å²) in [6.45, 7) is 1.98. The smallest absolute Gasteiger partial charge is 0.237 e. The molecule has 1 atom stereocenters. The Balaban J connectivity index is 2.14. The molecule has 1 heterocycles. The Kier molecular flexibility index (Phi) is 3.05. The number of aromatic nitrogens is 1. The summed E-state index contributed by atoms with van der Waals surface area (Å²) in [6, 6.07) is 13.5. The third-order valence-corrected chi connectivity index (χ3v) is 2.36. The van der Waals surface area contributed by atoms with Gasteiger partial charge in [-0.2, -0.15) is 0 Å². The lowest BCUT2D eigenvalue weighted by atomic mass is 10.1. The van der Waals surface area contributed by atoms with Crippen LogP contribution in [0.2, 0.25) is 0 Å². The fourth-order valence-electron chi connectivity index (χ4n) is 1.46. The minimum Gasteiger partial charge on any atom is -0.468 e. The summed E-state index contributed by atoms with van der Waals surface area (Å²) in [4.78, 5) is 4.10. The van der Waals surface area contributed by atoms with Gasteiger partial charge in [0.2, 0.25) is 5.88 Å². The second-order valence-electron chi connectivity index (χ2n) is 3.57. The molecule has 1 aromatic heterocycles. The third kappa shape index (κ3) is 2.31. The molecule has 0 amide bonds. The predicted octanol–water partition coefficient (Wildman–Crippen LogP) is 2.80. The second kappa shape index (κ2) is 4.66. The first kappa shape index (κ1) is 10.5. The summed E-state index contributed by atoms with van der Waals surface area (Å²) in [5, 5.41) is 0. The standard InChI is InChI=1S/C13H14N2O/c1-10(11-6-3-2-4-7-11)16-13-12(14)8-5-9-15-13/h2-10H,14H2,1H3. The lowest BCUT2D eigenvalue weighted by Crippen LogP contribution is -2.05. The minimum absolute atomic E-state index is 0.0570. The van der Waals surface area contributed by atoms with Crippen molar-refractivity contribution in [2.45, 2.75) is 13.0 Å². The van der Waals surface area contributed by atoms with E-state index in [9.17, 15) is 0 Å². The fourth-order valence-corrected chi connectivity index (χ4v) is 1.46. The predicted molar refractivity (Wildman–Crippen MR) is 64.1 cm³/mol. The number of hydrogen-bond donors (Lipinski definition) is 1. The lowest BCUT2D eigenvalue weighted by Gasteiger charge is -2.15. The highest BCUT2D eigenvalue weighted by atomic mass is 16.5. The molecule has 2 rings (SSSR count). The maximum atomic E-state index is 5.76. The van der Waals surface area contributed by atoms with Crippen molar-refractivity contribution in [3.05, 3.63) is 54.2 Å². The highest BCUT2D eigenvalue weighted by Crippen LogP contribution is 2.23. The second-order valence-corrected chi connectivity index (χ2v) is 3.57. The topological polar surface area (TPSA) is 48.1 Å². The summed E-state index contributed by atoms with van der Waals surface area (Å²) in [5.41, 5.74) is 7.42. The first-order chi connectivity index (χ1) is 7.77. The van der Waals surface area contributed by atoms with Crippen LogP contribution in [0.3, 0.4) is 0 Å². The summed E-state index contributed by atoms with van der Waals surface area (Å²) in [6.07, 6.45) is 1.61. The van der Waals surface area contributed by atoms with Gasteiger partial charge in [0, 0.05) is 6.20 Å². The van der Waals surface area contributed by atoms with E-state index in [1.54, 1.807) is 18.3 Å². The van der Waals surface area contributed by atoms with E-state index in [-0.39, 0.29) is 6.10 Å². The van der Waals surface area contributed by atoms with Crippen LogP contribution in [0.25, 0.3) is 0 Å². The van der Waals surface area contributed by atoms with Crippen LogP contribution in [0.15, 0.2) is 48.7 Å². The van der Waals surface area contributed by atoms with Crippen molar-refractivity contribution in [2.24, 2.45) is 0 Å². The Bertz CT molecular complexity index is 456. The van der Waals surface area contributed by atoms with Crippen LogP contribution < -0.4 is 10.5 Å². The number of nitrogens with two attached hydrogens (primary N) is 1. The van der Waals surface area contributed by atoms with Crippen molar-refractivity contribution in [3.8, 4) is 5.88 Å². The van der Waals surface area contributed by atoms with Gasteiger partial charge in [0.15, 0.2) is 0 Å². The molecule has 82 valence electrons. The van der Waals surface area contributed by atoms with Gasteiger partial charge in [-0.25, -0.2) is 4.98 Å². The summed E-state index contributed by atoms with van der Waals surface area (Å²) >= 11 is 0. The zero-order chi connectivity index (χ0) is 11.4. The molecule has 0 saturated carbocycles. The fraction of sp³-hybridized carbons (Fsp3) is 0.154. The van der Waals surface area contributed by atoms with E-state index >= 15 is 0 Å². The SMILES string of the molecule is CC(Oc1ncccc1N)c1ccccc1. The molecule has 2 aromatic rings. The summed E-state index contributed by atoms with van der Waals surface area (Å²) in [7, 11) is 0.